The first-order chi connectivity index (χ1) is 5.25. The molecule has 0 aromatic carbocycles. The molecule has 1 aromatic rings. The molecule has 0 bridgehead atoms. The summed E-state index contributed by atoms with van der Waals surface area (Å²) < 4.78 is 0. The van der Waals surface area contributed by atoms with Gasteiger partial charge in [0, 0.05) is 12.2 Å². The molecule has 1 atom stereocenters. The number of nitrogens with zero attached hydrogens (tertiary/aromatic N) is 1. The van der Waals surface area contributed by atoms with E-state index in [2.05, 4.69) is 10.3 Å². The molecule has 0 amide bonds. The molecular weight excluding hydrogens is 138 g/mol. The summed E-state index contributed by atoms with van der Waals surface area (Å²) in [6.45, 7) is 2.03. The predicted molar refractivity (Wildman–Crippen MR) is 46.1 cm³/mol. The molecule has 0 spiro atoms. The van der Waals surface area contributed by atoms with Crippen molar-refractivity contribution in [2.75, 3.05) is 12.8 Å². The minimum absolute atomic E-state index is 0.219. The van der Waals surface area contributed by atoms with Gasteiger partial charge in [-0.3, -0.25) is 4.98 Å². The van der Waals surface area contributed by atoms with Crippen molar-refractivity contribution in [2.24, 2.45) is 0 Å². The van der Waals surface area contributed by atoms with Crippen LogP contribution in [0.15, 0.2) is 18.3 Å². The average molecular weight is 151 g/mol. The van der Waals surface area contributed by atoms with Gasteiger partial charge in [0.25, 0.3) is 0 Å². The smallest absolute Gasteiger partial charge is 0.0798 e. The van der Waals surface area contributed by atoms with Crippen molar-refractivity contribution in [1.29, 1.82) is 0 Å². The molecule has 0 fully saturated rings. The Labute approximate surface area is 66.6 Å². The number of nitrogens with two attached hydrogens (primary N) is 1. The monoisotopic (exact) mass is 151 g/mol. The summed E-state index contributed by atoms with van der Waals surface area (Å²) in [5.41, 5.74) is 7.35. The van der Waals surface area contributed by atoms with Crippen LogP contribution in [-0.4, -0.2) is 12.0 Å². The molecule has 1 rings (SSSR count). The van der Waals surface area contributed by atoms with E-state index >= 15 is 0 Å². The van der Waals surface area contributed by atoms with Crippen molar-refractivity contribution in [3.8, 4) is 0 Å². The Morgan fingerprint density at radius 2 is 2.36 bits per heavy atom. The van der Waals surface area contributed by atoms with Crippen LogP contribution in [0.4, 0.5) is 5.69 Å². The summed E-state index contributed by atoms with van der Waals surface area (Å²) in [4.78, 5) is 4.16. The first-order valence-electron chi connectivity index (χ1n) is 3.63. The first-order valence-corrected chi connectivity index (χ1v) is 3.63. The maximum atomic E-state index is 5.69. The fourth-order valence-electron chi connectivity index (χ4n) is 0.928. The number of nitrogens with one attached hydrogen (secondary N) is 1. The average Bonchev–Trinajstić information content (AvgIpc) is 2.04. The highest BCUT2D eigenvalue weighted by molar-refractivity contribution is 5.43. The lowest BCUT2D eigenvalue weighted by Crippen LogP contribution is -2.15. The molecule has 0 saturated heterocycles. The van der Waals surface area contributed by atoms with E-state index in [4.69, 9.17) is 5.73 Å². The molecule has 0 aliphatic carbocycles. The van der Waals surface area contributed by atoms with Crippen LogP contribution < -0.4 is 11.1 Å². The highest BCUT2D eigenvalue weighted by atomic mass is 14.9. The highest BCUT2D eigenvalue weighted by Gasteiger charge is 2.05. The van der Waals surface area contributed by atoms with Crippen LogP contribution in [0, 0.1) is 0 Å². The van der Waals surface area contributed by atoms with Gasteiger partial charge >= 0.3 is 0 Å². The van der Waals surface area contributed by atoms with Crippen molar-refractivity contribution < 1.29 is 0 Å². The summed E-state index contributed by atoms with van der Waals surface area (Å²) in [7, 11) is 1.89. The molecule has 1 aromatic heterocycles. The third kappa shape index (κ3) is 1.68. The molecule has 60 valence electrons. The van der Waals surface area contributed by atoms with Crippen molar-refractivity contribution in [1.82, 2.24) is 10.3 Å². The van der Waals surface area contributed by atoms with E-state index < -0.39 is 0 Å². The van der Waals surface area contributed by atoms with Crippen LogP contribution in [0.1, 0.15) is 18.7 Å². The Morgan fingerprint density at radius 1 is 1.64 bits per heavy atom. The lowest BCUT2D eigenvalue weighted by Gasteiger charge is -2.10. The Hall–Kier alpha value is -1.09. The number of pyridine rings is 1. The van der Waals surface area contributed by atoms with Crippen LogP contribution in [0.3, 0.4) is 0 Å². The summed E-state index contributed by atoms with van der Waals surface area (Å²) in [5.74, 6) is 0. The van der Waals surface area contributed by atoms with Gasteiger partial charge in [0.2, 0.25) is 0 Å². The summed E-state index contributed by atoms with van der Waals surface area (Å²) >= 11 is 0. The zero-order chi connectivity index (χ0) is 8.27. The zero-order valence-corrected chi connectivity index (χ0v) is 6.83. The molecule has 3 nitrogen and oxygen atoms in total. The fraction of sp³-hybridized carbons (Fsp3) is 0.375. The van der Waals surface area contributed by atoms with Gasteiger partial charge < -0.3 is 11.1 Å². The van der Waals surface area contributed by atoms with Crippen LogP contribution in [0.2, 0.25) is 0 Å². The van der Waals surface area contributed by atoms with Crippen LogP contribution in [0.5, 0.6) is 0 Å². The molecule has 3 heteroatoms. The molecule has 0 aliphatic heterocycles. The molecule has 0 saturated carbocycles. The Morgan fingerprint density at radius 3 is 2.91 bits per heavy atom. The van der Waals surface area contributed by atoms with Gasteiger partial charge in [-0.25, -0.2) is 0 Å². The van der Waals surface area contributed by atoms with E-state index in [1.165, 1.54) is 0 Å². The van der Waals surface area contributed by atoms with E-state index in [0.717, 1.165) is 11.4 Å². The summed E-state index contributed by atoms with van der Waals surface area (Å²) in [6.07, 6.45) is 1.75. The number of rotatable bonds is 2. The van der Waals surface area contributed by atoms with Gasteiger partial charge in [-0.1, -0.05) is 0 Å². The van der Waals surface area contributed by atoms with Crippen LogP contribution >= 0.6 is 0 Å². The minimum Gasteiger partial charge on any atom is -0.397 e. The molecule has 11 heavy (non-hydrogen) atoms. The van der Waals surface area contributed by atoms with Gasteiger partial charge in [0.1, 0.15) is 0 Å². The zero-order valence-electron chi connectivity index (χ0n) is 6.83. The standard InChI is InChI=1S/C8H13N3/c1-6(10-2)8-7(9)4-3-5-11-8/h3-6,10H,9H2,1-2H3/t6-/m0/s1. The molecule has 3 N–H and O–H groups in total. The van der Waals surface area contributed by atoms with Crippen LogP contribution in [0.25, 0.3) is 0 Å². The second-order valence-corrected chi connectivity index (χ2v) is 2.49. The largest absolute Gasteiger partial charge is 0.397 e. The fourth-order valence-corrected chi connectivity index (χ4v) is 0.928. The number of aromatic nitrogens is 1. The summed E-state index contributed by atoms with van der Waals surface area (Å²) in [5, 5.41) is 3.08. The molecule has 0 aliphatic rings. The minimum atomic E-state index is 0.219. The van der Waals surface area contributed by atoms with E-state index in [1.807, 2.05) is 26.1 Å². The SMILES string of the molecule is CN[C@@H](C)c1ncccc1N. The third-order valence-corrected chi connectivity index (χ3v) is 1.71. The number of anilines is 1. The van der Waals surface area contributed by atoms with Gasteiger partial charge in [-0.05, 0) is 26.1 Å². The van der Waals surface area contributed by atoms with E-state index in [0.29, 0.717) is 0 Å². The van der Waals surface area contributed by atoms with Crippen molar-refractivity contribution in [3.05, 3.63) is 24.0 Å². The number of hydrogen-bond donors (Lipinski definition) is 2. The quantitative estimate of drug-likeness (QED) is 0.661. The van der Waals surface area contributed by atoms with Gasteiger partial charge in [-0.15, -0.1) is 0 Å². The number of nitrogen functional groups attached to an aromatic ring is 1. The van der Waals surface area contributed by atoms with Crippen molar-refractivity contribution in [3.63, 3.8) is 0 Å². The molecular formula is C8H13N3. The van der Waals surface area contributed by atoms with Gasteiger partial charge in [-0.2, -0.15) is 0 Å². The molecule has 1 heterocycles. The van der Waals surface area contributed by atoms with E-state index in [9.17, 15) is 0 Å². The Bertz CT molecular complexity index is 235. The topological polar surface area (TPSA) is 50.9 Å². The summed E-state index contributed by atoms with van der Waals surface area (Å²) in [6, 6.07) is 3.91. The maximum absolute atomic E-state index is 5.69. The lowest BCUT2D eigenvalue weighted by atomic mass is 10.2. The Kier molecular flexibility index (Phi) is 2.44. The normalized spacial score (nSPS) is 12.9. The maximum Gasteiger partial charge on any atom is 0.0798 e. The molecule has 0 unspecified atom stereocenters. The Balaban J connectivity index is 2.93. The van der Waals surface area contributed by atoms with Crippen LogP contribution in [-0.2, 0) is 0 Å². The van der Waals surface area contributed by atoms with Crippen molar-refractivity contribution in [2.45, 2.75) is 13.0 Å². The third-order valence-electron chi connectivity index (χ3n) is 1.71. The van der Waals surface area contributed by atoms with Crippen molar-refractivity contribution >= 4 is 5.69 Å². The van der Waals surface area contributed by atoms with Gasteiger partial charge in [0.05, 0.1) is 11.4 Å². The second-order valence-electron chi connectivity index (χ2n) is 2.49. The number of hydrogen-bond acceptors (Lipinski definition) is 3. The van der Waals surface area contributed by atoms with E-state index in [1.54, 1.807) is 6.20 Å². The lowest BCUT2D eigenvalue weighted by molar-refractivity contribution is 0.635. The van der Waals surface area contributed by atoms with Gasteiger partial charge in [0.15, 0.2) is 0 Å². The molecule has 0 radical (unpaired) electrons. The highest BCUT2D eigenvalue weighted by Crippen LogP contribution is 2.15. The first kappa shape index (κ1) is 8.01. The predicted octanol–water partition coefficient (Wildman–Crippen LogP) is 0.944. The van der Waals surface area contributed by atoms with E-state index in [-0.39, 0.29) is 6.04 Å². The second kappa shape index (κ2) is 3.34.